The number of nitrogens with one attached hydrogen (secondary N) is 1. The average molecular weight is 456 g/mol. The number of aliphatic hydroxyl groups excluding tert-OH is 1. The van der Waals surface area contributed by atoms with E-state index in [2.05, 4.69) is 25.2 Å². The van der Waals surface area contributed by atoms with E-state index in [-0.39, 0.29) is 11.7 Å². The number of rotatable bonds is 8. The summed E-state index contributed by atoms with van der Waals surface area (Å²) in [6.07, 6.45) is -0.931. The third kappa shape index (κ3) is 5.38. The van der Waals surface area contributed by atoms with Crippen LogP contribution in [0.1, 0.15) is 64.7 Å². The van der Waals surface area contributed by atoms with E-state index in [0.29, 0.717) is 17.2 Å². The van der Waals surface area contributed by atoms with Gasteiger partial charge in [0.15, 0.2) is 5.76 Å². The molecule has 0 fully saturated rings. The molecule has 1 aromatic heterocycles. The van der Waals surface area contributed by atoms with Gasteiger partial charge in [0.2, 0.25) is 0 Å². The molecule has 0 saturated heterocycles. The van der Waals surface area contributed by atoms with Crippen molar-refractivity contribution < 1.29 is 19.1 Å². The molecule has 0 radical (unpaired) electrons. The van der Waals surface area contributed by atoms with E-state index in [9.17, 15) is 9.90 Å². The van der Waals surface area contributed by atoms with Crippen molar-refractivity contribution in [1.82, 2.24) is 5.32 Å². The van der Waals surface area contributed by atoms with E-state index in [1.54, 1.807) is 12.1 Å². The number of carbonyl (C=O) groups is 1. The van der Waals surface area contributed by atoms with Gasteiger partial charge in [-0.2, -0.15) is 0 Å². The zero-order valence-corrected chi connectivity index (χ0v) is 19.6. The van der Waals surface area contributed by atoms with Crippen LogP contribution in [0.5, 0.6) is 11.7 Å². The Kier molecular flexibility index (Phi) is 7.14. The van der Waals surface area contributed by atoms with Gasteiger partial charge in [-0.3, -0.25) is 4.79 Å². The average Bonchev–Trinajstić information content (AvgIpc) is 3.33. The van der Waals surface area contributed by atoms with Gasteiger partial charge in [-0.25, -0.2) is 0 Å². The lowest BCUT2D eigenvalue weighted by atomic mass is 9.95. The normalized spacial score (nSPS) is 12.9. The van der Waals surface area contributed by atoms with Crippen molar-refractivity contribution in [2.75, 3.05) is 0 Å². The van der Waals surface area contributed by atoms with E-state index < -0.39 is 18.1 Å². The Balaban J connectivity index is 1.54. The van der Waals surface area contributed by atoms with Crippen LogP contribution in [0.4, 0.5) is 0 Å². The lowest BCUT2D eigenvalue weighted by Gasteiger charge is -2.24. The fourth-order valence-electron chi connectivity index (χ4n) is 3.75. The van der Waals surface area contributed by atoms with Gasteiger partial charge in [-0.15, -0.1) is 0 Å². The second-order valence-electron chi connectivity index (χ2n) is 8.62. The second kappa shape index (κ2) is 10.4. The Bertz CT molecular complexity index is 1230. The molecule has 0 bridgehead atoms. The van der Waals surface area contributed by atoms with Crippen LogP contribution in [0.15, 0.2) is 95.4 Å². The van der Waals surface area contributed by atoms with Crippen molar-refractivity contribution in [3.63, 3.8) is 0 Å². The van der Waals surface area contributed by atoms with E-state index >= 15 is 0 Å². The first-order valence-corrected chi connectivity index (χ1v) is 11.4. The Morgan fingerprint density at radius 1 is 0.853 bits per heavy atom. The molecular formula is C29H29NO4. The lowest BCUT2D eigenvalue weighted by Crippen LogP contribution is -2.32. The van der Waals surface area contributed by atoms with Gasteiger partial charge in [0.05, 0.1) is 6.04 Å². The SMILES string of the molecule is Cc1ccc(C(C)C)cc1Oc1ccc(C(=O)NC(c2ccccc2)C(O)c2ccccc2)o1. The topological polar surface area (TPSA) is 71.7 Å². The molecule has 2 N–H and O–H groups in total. The summed E-state index contributed by atoms with van der Waals surface area (Å²) in [4.78, 5) is 13.1. The monoisotopic (exact) mass is 455 g/mol. The standard InChI is InChI=1S/C29H29NO4/c1-19(2)23-15-14-20(3)25(18-23)34-26-17-16-24(33-26)29(32)30-27(21-10-6-4-7-11-21)28(31)22-12-8-5-9-13-22/h4-19,27-28,31H,1-3H3,(H,30,32). The highest BCUT2D eigenvalue weighted by molar-refractivity contribution is 5.92. The molecule has 2 unspecified atom stereocenters. The molecule has 2 atom stereocenters. The Morgan fingerprint density at radius 3 is 2.15 bits per heavy atom. The minimum atomic E-state index is -0.931. The molecular weight excluding hydrogens is 426 g/mol. The summed E-state index contributed by atoms with van der Waals surface area (Å²) in [5.41, 5.74) is 3.63. The highest BCUT2D eigenvalue weighted by Gasteiger charge is 2.26. The first-order chi connectivity index (χ1) is 16.4. The number of benzene rings is 3. The van der Waals surface area contributed by atoms with Crippen LogP contribution < -0.4 is 10.1 Å². The van der Waals surface area contributed by atoms with Crippen LogP contribution in [0.3, 0.4) is 0 Å². The molecule has 4 aromatic rings. The molecule has 0 aliphatic carbocycles. The number of hydrogen-bond acceptors (Lipinski definition) is 4. The Labute approximate surface area is 200 Å². The molecule has 0 aliphatic rings. The van der Waals surface area contributed by atoms with Crippen LogP contribution in [0.25, 0.3) is 0 Å². The zero-order chi connectivity index (χ0) is 24.1. The molecule has 174 valence electrons. The summed E-state index contributed by atoms with van der Waals surface area (Å²) in [6.45, 7) is 6.21. The maximum atomic E-state index is 13.1. The van der Waals surface area contributed by atoms with Gasteiger partial charge in [0.1, 0.15) is 11.9 Å². The predicted molar refractivity (Wildman–Crippen MR) is 132 cm³/mol. The summed E-state index contributed by atoms with van der Waals surface area (Å²) in [5.74, 6) is 0.954. The molecule has 1 heterocycles. The maximum absolute atomic E-state index is 13.1. The molecule has 3 aromatic carbocycles. The first kappa shape index (κ1) is 23.3. The molecule has 0 aliphatic heterocycles. The van der Waals surface area contributed by atoms with Crippen molar-refractivity contribution in [1.29, 1.82) is 0 Å². The van der Waals surface area contributed by atoms with Gasteiger partial charge >= 0.3 is 0 Å². The summed E-state index contributed by atoms with van der Waals surface area (Å²) >= 11 is 0. The fraction of sp³-hybridized carbons (Fsp3) is 0.207. The lowest BCUT2D eigenvalue weighted by molar-refractivity contribution is 0.0802. The van der Waals surface area contributed by atoms with Gasteiger partial charge < -0.3 is 19.6 Å². The smallest absolute Gasteiger partial charge is 0.290 e. The summed E-state index contributed by atoms with van der Waals surface area (Å²) in [6, 6.07) is 27.3. The van der Waals surface area contributed by atoms with Gasteiger partial charge in [-0.1, -0.05) is 86.6 Å². The largest absolute Gasteiger partial charge is 0.426 e. The molecule has 4 rings (SSSR count). The highest BCUT2D eigenvalue weighted by atomic mass is 16.6. The van der Waals surface area contributed by atoms with E-state index in [1.807, 2.05) is 79.7 Å². The second-order valence-corrected chi connectivity index (χ2v) is 8.62. The van der Waals surface area contributed by atoms with E-state index in [0.717, 1.165) is 16.7 Å². The van der Waals surface area contributed by atoms with Crippen molar-refractivity contribution in [3.05, 3.63) is 119 Å². The van der Waals surface area contributed by atoms with Gasteiger partial charge in [-0.05, 0) is 47.2 Å². The minimum absolute atomic E-state index is 0.105. The molecule has 5 nitrogen and oxygen atoms in total. The van der Waals surface area contributed by atoms with Crippen LogP contribution in [0.2, 0.25) is 0 Å². The zero-order valence-electron chi connectivity index (χ0n) is 19.6. The molecule has 34 heavy (non-hydrogen) atoms. The number of aryl methyl sites for hydroxylation is 1. The predicted octanol–water partition coefficient (Wildman–Crippen LogP) is 6.71. The molecule has 1 amide bonds. The van der Waals surface area contributed by atoms with E-state index in [1.165, 1.54) is 0 Å². The minimum Gasteiger partial charge on any atom is -0.426 e. The Hall–Kier alpha value is -3.83. The first-order valence-electron chi connectivity index (χ1n) is 11.4. The van der Waals surface area contributed by atoms with Crippen LogP contribution in [0, 0.1) is 6.92 Å². The summed E-state index contributed by atoms with van der Waals surface area (Å²) in [7, 11) is 0. The number of aliphatic hydroxyl groups is 1. The quantitative estimate of drug-likeness (QED) is 0.310. The Morgan fingerprint density at radius 2 is 1.50 bits per heavy atom. The molecule has 0 saturated carbocycles. The third-order valence-electron chi connectivity index (χ3n) is 5.80. The fourth-order valence-corrected chi connectivity index (χ4v) is 3.75. The van der Waals surface area contributed by atoms with Crippen LogP contribution in [-0.2, 0) is 0 Å². The molecule has 5 heteroatoms. The third-order valence-corrected chi connectivity index (χ3v) is 5.80. The van der Waals surface area contributed by atoms with Gasteiger partial charge in [0.25, 0.3) is 11.9 Å². The van der Waals surface area contributed by atoms with Crippen molar-refractivity contribution in [3.8, 4) is 11.7 Å². The van der Waals surface area contributed by atoms with Gasteiger partial charge in [0, 0.05) is 6.07 Å². The number of hydrogen-bond donors (Lipinski definition) is 2. The maximum Gasteiger partial charge on any atom is 0.290 e. The van der Waals surface area contributed by atoms with Crippen molar-refractivity contribution in [2.24, 2.45) is 0 Å². The molecule has 0 spiro atoms. The highest BCUT2D eigenvalue weighted by Crippen LogP contribution is 2.32. The summed E-state index contributed by atoms with van der Waals surface area (Å²) in [5, 5.41) is 14.0. The van der Waals surface area contributed by atoms with Crippen LogP contribution in [-0.4, -0.2) is 11.0 Å². The number of amides is 1. The van der Waals surface area contributed by atoms with E-state index in [4.69, 9.17) is 9.15 Å². The number of furan rings is 1. The summed E-state index contributed by atoms with van der Waals surface area (Å²) < 4.78 is 11.7. The van der Waals surface area contributed by atoms with Crippen LogP contribution >= 0.6 is 0 Å². The number of carbonyl (C=O) groups excluding carboxylic acids is 1. The van der Waals surface area contributed by atoms with Crippen molar-refractivity contribution in [2.45, 2.75) is 38.8 Å². The van der Waals surface area contributed by atoms with Crippen molar-refractivity contribution >= 4 is 5.91 Å². The number of ether oxygens (including phenoxy) is 1.